The standard InChI is InChI=1S/C15H15FN2O2/c1-2-14(19)20-15-13(17)8-11(9-18-15)7-10-3-5-12(16)6-4-10/h3-6,8-9H,2,7,17H2,1H3. The first-order chi connectivity index (χ1) is 9.58. The summed E-state index contributed by atoms with van der Waals surface area (Å²) in [5.41, 5.74) is 7.93. The molecule has 0 fully saturated rings. The normalized spacial score (nSPS) is 10.3. The number of nitrogen functional groups attached to an aromatic ring is 1. The van der Waals surface area contributed by atoms with Crippen molar-refractivity contribution < 1.29 is 13.9 Å². The van der Waals surface area contributed by atoms with Crippen molar-refractivity contribution in [2.75, 3.05) is 5.73 Å². The van der Waals surface area contributed by atoms with Gasteiger partial charge in [0.25, 0.3) is 0 Å². The monoisotopic (exact) mass is 274 g/mol. The molecule has 0 spiro atoms. The Morgan fingerprint density at radius 1 is 1.30 bits per heavy atom. The van der Waals surface area contributed by atoms with Crippen LogP contribution in [0, 0.1) is 5.82 Å². The van der Waals surface area contributed by atoms with E-state index in [0.717, 1.165) is 11.1 Å². The fourth-order valence-corrected chi connectivity index (χ4v) is 1.71. The van der Waals surface area contributed by atoms with Gasteiger partial charge in [0.2, 0.25) is 5.88 Å². The van der Waals surface area contributed by atoms with Crippen molar-refractivity contribution in [3.8, 4) is 5.88 Å². The minimum atomic E-state index is -0.379. The molecule has 0 aliphatic rings. The summed E-state index contributed by atoms with van der Waals surface area (Å²) in [4.78, 5) is 15.2. The van der Waals surface area contributed by atoms with Crippen molar-refractivity contribution in [3.63, 3.8) is 0 Å². The van der Waals surface area contributed by atoms with Gasteiger partial charge < -0.3 is 10.5 Å². The summed E-state index contributed by atoms with van der Waals surface area (Å²) in [6.45, 7) is 1.70. The number of esters is 1. The van der Waals surface area contributed by atoms with Crippen molar-refractivity contribution >= 4 is 11.7 Å². The first-order valence-corrected chi connectivity index (χ1v) is 6.28. The van der Waals surface area contributed by atoms with E-state index in [9.17, 15) is 9.18 Å². The third-order valence-electron chi connectivity index (χ3n) is 2.76. The number of carbonyl (C=O) groups is 1. The first-order valence-electron chi connectivity index (χ1n) is 6.28. The maximum atomic E-state index is 12.8. The van der Waals surface area contributed by atoms with Crippen LogP contribution in [0.3, 0.4) is 0 Å². The molecule has 0 saturated carbocycles. The maximum absolute atomic E-state index is 12.8. The van der Waals surface area contributed by atoms with Crippen LogP contribution in [-0.2, 0) is 11.2 Å². The Bertz CT molecular complexity index is 612. The number of hydrogen-bond acceptors (Lipinski definition) is 4. The fraction of sp³-hybridized carbons (Fsp3) is 0.200. The molecule has 0 amide bonds. The summed E-state index contributed by atoms with van der Waals surface area (Å²) in [6, 6.07) is 7.93. The number of carbonyl (C=O) groups excluding carboxylic acids is 1. The van der Waals surface area contributed by atoms with Gasteiger partial charge in [-0.05, 0) is 35.7 Å². The molecule has 0 bridgehead atoms. The second-order valence-corrected chi connectivity index (χ2v) is 4.37. The smallest absolute Gasteiger partial charge is 0.312 e. The van der Waals surface area contributed by atoms with E-state index < -0.39 is 0 Å². The predicted molar refractivity (Wildman–Crippen MR) is 73.8 cm³/mol. The Morgan fingerprint density at radius 3 is 2.60 bits per heavy atom. The van der Waals surface area contributed by atoms with E-state index in [1.165, 1.54) is 12.1 Å². The van der Waals surface area contributed by atoms with E-state index in [1.54, 1.807) is 31.3 Å². The zero-order chi connectivity index (χ0) is 14.5. The Hall–Kier alpha value is -2.43. The van der Waals surface area contributed by atoms with Gasteiger partial charge in [-0.15, -0.1) is 0 Å². The molecule has 1 heterocycles. The molecule has 1 aromatic carbocycles. The fourth-order valence-electron chi connectivity index (χ4n) is 1.71. The number of hydrogen-bond donors (Lipinski definition) is 1. The van der Waals surface area contributed by atoms with Gasteiger partial charge in [0, 0.05) is 12.6 Å². The average Bonchev–Trinajstić information content (AvgIpc) is 2.44. The van der Waals surface area contributed by atoms with E-state index in [1.807, 2.05) is 0 Å². The minimum Gasteiger partial charge on any atom is -0.405 e. The number of nitrogens with two attached hydrogens (primary N) is 1. The third kappa shape index (κ3) is 3.54. The molecule has 4 nitrogen and oxygen atoms in total. The molecule has 0 unspecified atom stereocenters. The lowest BCUT2D eigenvalue weighted by Gasteiger charge is -2.07. The highest BCUT2D eigenvalue weighted by Gasteiger charge is 2.08. The van der Waals surface area contributed by atoms with Crippen molar-refractivity contribution in [2.24, 2.45) is 0 Å². The zero-order valence-electron chi connectivity index (χ0n) is 11.1. The van der Waals surface area contributed by atoms with Crippen LogP contribution in [0.2, 0.25) is 0 Å². The predicted octanol–water partition coefficient (Wildman–Crippen LogP) is 2.71. The molecule has 104 valence electrons. The van der Waals surface area contributed by atoms with Crippen LogP contribution >= 0.6 is 0 Å². The van der Waals surface area contributed by atoms with Gasteiger partial charge in [-0.3, -0.25) is 4.79 Å². The van der Waals surface area contributed by atoms with Gasteiger partial charge >= 0.3 is 5.97 Å². The number of rotatable bonds is 4. The largest absolute Gasteiger partial charge is 0.405 e. The highest BCUT2D eigenvalue weighted by molar-refractivity contribution is 5.73. The van der Waals surface area contributed by atoms with E-state index in [2.05, 4.69) is 4.98 Å². The molecule has 2 aromatic rings. The van der Waals surface area contributed by atoms with Gasteiger partial charge in [-0.2, -0.15) is 0 Å². The molecule has 1 aromatic heterocycles. The average molecular weight is 274 g/mol. The van der Waals surface area contributed by atoms with Gasteiger partial charge in [-0.1, -0.05) is 19.1 Å². The van der Waals surface area contributed by atoms with Crippen molar-refractivity contribution in [1.29, 1.82) is 0 Å². The summed E-state index contributed by atoms with van der Waals surface area (Å²) >= 11 is 0. The van der Waals surface area contributed by atoms with Gasteiger partial charge in [0.05, 0.1) is 5.69 Å². The Balaban J connectivity index is 2.12. The summed E-state index contributed by atoms with van der Waals surface area (Å²) in [7, 11) is 0. The van der Waals surface area contributed by atoms with Gasteiger partial charge in [-0.25, -0.2) is 9.37 Å². The SMILES string of the molecule is CCC(=O)Oc1ncc(Cc2ccc(F)cc2)cc1N. The van der Waals surface area contributed by atoms with E-state index >= 15 is 0 Å². The Labute approximate surface area is 116 Å². The number of pyridine rings is 1. The van der Waals surface area contributed by atoms with Crippen molar-refractivity contribution in [1.82, 2.24) is 4.98 Å². The minimum absolute atomic E-state index is 0.125. The van der Waals surface area contributed by atoms with Gasteiger partial charge in [0.1, 0.15) is 5.82 Å². The Morgan fingerprint density at radius 2 is 2.00 bits per heavy atom. The number of aromatic nitrogens is 1. The molecule has 2 N–H and O–H groups in total. The molecule has 5 heteroatoms. The Kier molecular flexibility index (Phi) is 4.30. The topological polar surface area (TPSA) is 65.2 Å². The number of halogens is 1. The lowest BCUT2D eigenvalue weighted by Crippen LogP contribution is -2.09. The molecule has 20 heavy (non-hydrogen) atoms. The van der Waals surface area contributed by atoms with Crippen LogP contribution in [0.4, 0.5) is 10.1 Å². The molecule has 0 aliphatic heterocycles. The molecular weight excluding hydrogens is 259 g/mol. The number of anilines is 1. The van der Waals surface area contributed by atoms with Crippen LogP contribution in [0.1, 0.15) is 24.5 Å². The van der Waals surface area contributed by atoms with Crippen LogP contribution in [-0.4, -0.2) is 11.0 Å². The number of benzene rings is 1. The lowest BCUT2D eigenvalue weighted by molar-refractivity contribution is -0.134. The number of nitrogens with zero attached hydrogens (tertiary/aromatic N) is 1. The van der Waals surface area contributed by atoms with Crippen LogP contribution in [0.15, 0.2) is 36.5 Å². The van der Waals surface area contributed by atoms with Crippen LogP contribution < -0.4 is 10.5 Å². The molecule has 2 rings (SSSR count). The summed E-state index contributed by atoms with van der Waals surface area (Å²) in [5, 5.41) is 0. The first kappa shape index (κ1) is 14.0. The molecule has 0 atom stereocenters. The molecule has 0 aliphatic carbocycles. The van der Waals surface area contributed by atoms with Crippen LogP contribution in [0.25, 0.3) is 0 Å². The lowest BCUT2D eigenvalue weighted by atomic mass is 10.1. The molecular formula is C15H15FN2O2. The number of ether oxygens (including phenoxy) is 1. The van der Waals surface area contributed by atoms with Gasteiger partial charge in [0.15, 0.2) is 0 Å². The van der Waals surface area contributed by atoms with Crippen molar-refractivity contribution in [3.05, 3.63) is 53.5 Å². The van der Waals surface area contributed by atoms with E-state index in [4.69, 9.17) is 10.5 Å². The maximum Gasteiger partial charge on any atom is 0.312 e. The highest BCUT2D eigenvalue weighted by atomic mass is 19.1. The highest BCUT2D eigenvalue weighted by Crippen LogP contribution is 2.21. The summed E-state index contributed by atoms with van der Waals surface area (Å²) in [6.07, 6.45) is 2.44. The zero-order valence-corrected chi connectivity index (χ0v) is 11.1. The van der Waals surface area contributed by atoms with Crippen molar-refractivity contribution in [2.45, 2.75) is 19.8 Å². The molecule has 0 radical (unpaired) electrons. The summed E-state index contributed by atoms with van der Waals surface area (Å²) < 4.78 is 17.8. The quantitative estimate of drug-likeness (QED) is 0.871. The van der Waals surface area contributed by atoms with Crippen LogP contribution in [0.5, 0.6) is 5.88 Å². The second kappa shape index (κ2) is 6.14. The van der Waals surface area contributed by atoms with E-state index in [-0.39, 0.29) is 24.1 Å². The second-order valence-electron chi connectivity index (χ2n) is 4.37. The summed E-state index contributed by atoms with van der Waals surface area (Å²) in [5.74, 6) is -0.525. The third-order valence-corrected chi connectivity index (χ3v) is 2.76. The van der Waals surface area contributed by atoms with E-state index in [0.29, 0.717) is 12.1 Å². The molecule has 0 saturated heterocycles.